The molecule has 0 aliphatic heterocycles. The third-order valence-electron chi connectivity index (χ3n) is 3.49. The molecule has 0 rings (SSSR count). The van der Waals surface area contributed by atoms with E-state index in [1.54, 1.807) is 7.11 Å². The molecule has 2 unspecified atom stereocenters. The maximum Gasteiger partial charge on any atom is 0.156 e. The SMILES string of the molecule is CC/C=C\C/C=C\C/C=C\C/C=C\C/C=C\CC(CCOC)S(=O)O. The lowest BCUT2D eigenvalue weighted by molar-refractivity contribution is 0.193. The lowest BCUT2D eigenvalue weighted by Gasteiger charge is -2.09. The summed E-state index contributed by atoms with van der Waals surface area (Å²) >= 11 is -1.79. The van der Waals surface area contributed by atoms with E-state index in [0.717, 1.165) is 32.1 Å². The topological polar surface area (TPSA) is 46.5 Å². The van der Waals surface area contributed by atoms with Crippen LogP contribution in [0.25, 0.3) is 0 Å². The zero-order valence-corrected chi connectivity index (χ0v) is 16.5. The Morgan fingerprint density at radius 3 is 1.68 bits per heavy atom. The average Bonchev–Trinajstić information content (AvgIpc) is 2.60. The third kappa shape index (κ3) is 17.4. The van der Waals surface area contributed by atoms with Gasteiger partial charge in [0.2, 0.25) is 0 Å². The van der Waals surface area contributed by atoms with Crippen LogP contribution in [-0.2, 0) is 15.8 Å². The Morgan fingerprint density at radius 1 is 0.840 bits per heavy atom. The van der Waals surface area contributed by atoms with E-state index < -0.39 is 11.1 Å². The van der Waals surface area contributed by atoms with Gasteiger partial charge in [0.25, 0.3) is 0 Å². The molecule has 0 heterocycles. The molecular weight excluding hydrogens is 332 g/mol. The van der Waals surface area contributed by atoms with Gasteiger partial charge in [-0.1, -0.05) is 67.7 Å². The molecule has 0 aromatic rings. The van der Waals surface area contributed by atoms with Crippen LogP contribution in [0.4, 0.5) is 0 Å². The van der Waals surface area contributed by atoms with E-state index in [1.807, 2.05) is 12.2 Å². The van der Waals surface area contributed by atoms with Gasteiger partial charge in [0.1, 0.15) is 0 Å². The number of allylic oxidation sites excluding steroid dienone is 10. The number of rotatable bonds is 15. The van der Waals surface area contributed by atoms with Gasteiger partial charge in [-0.05, 0) is 44.9 Å². The van der Waals surface area contributed by atoms with Gasteiger partial charge in [-0.2, -0.15) is 0 Å². The van der Waals surface area contributed by atoms with Crippen molar-refractivity contribution in [3.05, 3.63) is 60.8 Å². The number of methoxy groups -OCH3 is 1. The summed E-state index contributed by atoms with van der Waals surface area (Å²) in [5.41, 5.74) is 0. The smallest absolute Gasteiger partial charge is 0.156 e. The molecule has 0 radical (unpaired) electrons. The average molecular weight is 367 g/mol. The molecule has 0 saturated carbocycles. The van der Waals surface area contributed by atoms with Crippen LogP contribution < -0.4 is 0 Å². The van der Waals surface area contributed by atoms with Crippen molar-refractivity contribution >= 4 is 11.1 Å². The van der Waals surface area contributed by atoms with Gasteiger partial charge in [0, 0.05) is 13.7 Å². The molecule has 0 fully saturated rings. The van der Waals surface area contributed by atoms with Crippen molar-refractivity contribution < 1.29 is 13.5 Å². The molecule has 2 atom stereocenters. The van der Waals surface area contributed by atoms with E-state index in [9.17, 15) is 8.76 Å². The van der Waals surface area contributed by atoms with Gasteiger partial charge >= 0.3 is 0 Å². The van der Waals surface area contributed by atoms with Crippen LogP contribution in [-0.4, -0.2) is 27.7 Å². The standard InChI is InChI=1S/C21H34O3S/c1-3-4-5-6-7-8-9-10-11-12-13-14-15-16-17-18-21(25(22)23)19-20-24-2/h4-5,7-8,10-11,13-14,16-17,21H,3,6,9,12,15,18-20H2,1-2H3,(H,22,23)/b5-4-,8-7-,11-10-,14-13-,17-16-. The second-order valence-corrected chi connectivity index (χ2v) is 6.84. The number of hydrogen-bond donors (Lipinski definition) is 1. The van der Waals surface area contributed by atoms with Crippen molar-refractivity contribution in [2.24, 2.45) is 0 Å². The van der Waals surface area contributed by atoms with E-state index in [2.05, 4.69) is 55.5 Å². The molecule has 0 aliphatic carbocycles. The van der Waals surface area contributed by atoms with Crippen LogP contribution in [0.15, 0.2) is 60.8 Å². The summed E-state index contributed by atoms with van der Waals surface area (Å²) in [6.07, 6.45) is 27.5. The van der Waals surface area contributed by atoms with Crippen molar-refractivity contribution in [3.8, 4) is 0 Å². The molecule has 0 bridgehead atoms. The minimum atomic E-state index is -1.79. The maximum atomic E-state index is 11.2. The molecule has 0 saturated heterocycles. The van der Waals surface area contributed by atoms with Crippen LogP contribution in [0, 0.1) is 0 Å². The minimum Gasteiger partial charge on any atom is -0.385 e. The fraction of sp³-hybridized carbons (Fsp3) is 0.524. The van der Waals surface area contributed by atoms with Crippen LogP contribution in [0.1, 0.15) is 51.9 Å². The lowest BCUT2D eigenvalue weighted by Crippen LogP contribution is -2.15. The van der Waals surface area contributed by atoms with Crippen molar-refractivity contribution in [2.45, 2.75) is 57.1 Å². The highest BCUT2D eigenvalue weighted by atomic mass is 32.2. The van der Waals surface area contributed by atoms with Crippen molar-refractivity contribution in [3.63, 3.8) is 0 Å². The first-order valence-corrected chi connectivity index (χ1v) is 10.2. The van der Waals surface area contributed by atoms with Gasteiger partial charge in [-0.3, -0.25) is 0 Å². The fourth-order valence-electron chi connectivity index (χ4n) is 2.05. The molecule has 4 heteroatoms. The molecule has 25 heavy (non-hydrogen) atoms. The molecule has 1 N–H and O–H groups in total. The minimum absolute atomic E-state index is 0.242. The van der Waals surface area contributed by atoms with Gasteiger partial charge in [0.05, 0.1) is 5.25 Å². The third-order valence-corrected chi connectivity index (χ3v) is 4.48. The van der Waals surface area contributed by atoms with Crippen molar-refractivity contribution in [1.82, 2.24) is 0 Å². The molecule has 0 amide bonds. The van der Waals surface area contributed by atoms with Gasteiger partial charge in [-0.25, -0.2) is 4.21 Å². The zero-order chi connectivity index (χ0) is 18.6. The first-order valence-electron chi connectivity index (χ1n) is 9.05. The summed E-state index contributed by atoms with van der Waals surface area (Å²) in [5.74, 6) is 0. The molecule has 0 aliphatic rings. The summed E-state index contributed by atoms with van der Waals surface area (Å²) < 4.78 is 25.3. The van der Waals surface area contributed by atoms with E-state index in [-0.39, 0.29) is 5.25 Å². The largest absolute Gasteiger partial charge is 0.385 e. The van der Waals surface area contributed by atoms with Gasteiger partial charge in [-0.15, -0.1) is 0 Å². The highest BCUT2D eigenvalue weighted by Gasteiger charge is 2.12. The fourth-order valence-corrected chi connectivity index (χ4v) is 2.62. The zero-order valence-electron chi connectivity index (χ0n) is 15.7. The van der Waals surface area contributed by atoms with E-state index in [4.69, 9.17) is 4.74 Å². The highest BCUT2D eigenvalue weighted by molar-refractivity contribution is 7.79. The molecule has 0 aromatic carbocycles. The lowest BCUT2D eigenvalue weighted by atomic mass is 10.2. The molecule has 0 aromatic heterocycles. The second kappa shape index (κ2) is 19.1. The van der Waals surface area contributed by atoms with E-state index >= 15 is 0 Å². The van der Waals surface area contributed by atoms with Crippen molar-refractivity contribution in [1.29, 1.82) is 0 Å². The summed E-state index contributed by atoms with van der Waals surface area (Å²) in [6.45, 7) is 2.66. The van der Waals surface area contributed by atoms with E-state index in [0.29, 0.717) is 19.4 Å². The second-order valence-electron chi connectivity index (χ2n) is 5.62. The number of ether oxygens (including phenoxy) is 1. The van der Waals surface area contributed by atoms with Gasteiger partial charge < -0.3 is 9.29 Å². The monoisotopic (exact) mass is 366 g/mol. The Bertz CT molecular complexity index is 462. The quantitative estimate of drug-likeness (QED) is 0.296. The maximum absolute atomic E-state index is 11.2. The predicted octanol–water partition coefficient (Wildman–Crippen LogP) is 5.75. The Balaban J connectivity index is 3.75. The molecule has 142 valence electrons. The summed E-state index contributed by atoms with van der Waals surface area (Å²) in [7, 11) is 1.60. The summed E-state index contributed by atoms with van der Waals surface area (Å²) in [6, 6.07) is 0. The Hall–Kier alpha value is -1.23. The van der Waals surface area contributed by atoms with Crippen LogP contribution in [0.3, 0.4) is 0 Å². The Morgan fingerprint density at radius 2 is 1.28 bits per heavy atom. The van der Waals surface area contributed by atoms with Gasteiger partial charge in [0.15, 0.2) is 11.1 Å². The normalized spacial score (nSPS) is 15.5. The Labute approximate surface area is 156 Å². The first-order chi connectivity index (χ1) is 12.2. The predicted molar refractivity (Wildman–Crippen MR) is 110 cm³/mol. The molecule has 3 nitrogen and oxygen atoms in total. The van der Waals surface area contributed by atoms with Crippen LogP contribution in [0.2, 0.25) is 0 Å². The highest BCUT2D eigenvalue weighted by Crippen LogP contribution is 2.07. The first kappa shape index (κ1) is 23.8. The van der Waals surface area contributed by atoms with Crippen molar-refractivity contribution in [2.75, 3.05) is 13.7 Å². The van der Waals surface area contributed by atoms with Crippen LogP contribution >= 0.6 is 0 Å². The molecule has 0 spiro atoms. The summed E-state index contributed by atoms with van der Waals surface area (Å²) in [4.78, 5) is 0. The van der Waals surface area contributed by atoms with E-state index in [1.165, 1.54) is 0 Å². The Kier molecular flexibility index (Phi) is 18.2. The van der Waals surface area contributed by atoms with Crippen LogP contribution in [0.5, 0.6) is 0 Å². The molecular formula is C21H34O3S. The summed E-state index contributed by atoms with van der Waals surface area (Å²) in [5, 5.41) is -0.242. The number of hydrogen-bond acceptors (Lipinski definition) is 2.